The summed E-state index contributed by atoms with van der Waals surface area (Å²) in [7, 11) is 0. The number of hydrogen-bond donors (Lipinski definition) is 2. The molecule has 0 radical (unpaired) electrons. The number of aliphatic carboxylic acids is 1. The highest BCUT2D eigenvalue weighted by atomic mass is 16.4. The molecule has 0 bridgehead atoms. The molecule has 0 heterocycles. The fourth-order valence-corrected chi connectivity index (χ4v) is 4.66. The fourth-order valence-electron chi connectivity index (χ4n) is 4.66. The van der Waals surface area contributed by atoms with Gasteiger partial charge in [-0.2, -0.15) is 0 Å². The first-order valence-electron chi connectivity index (χ1n) is 13.4. The van der Waals surface area contributed by atoms with Crippen LogP contribution in [-0.4, -0.2) is 40.9 Å². The van der Waals surface area contributed by atoms with Crippen molar-refractivity contribution in [3.8, 4) is 11.1 Å². The summed E-state index contributed by atoms with van der Waals surface area (Å²) in [6.45, 7) is 4.42. The Hall–Kier alpha value is -4.71. The zero-order chi connectivity index (χ0) is 28.5. The second-order valence-corrected chi connectivity index (χ2v) is 9.87. The lowest BCUT2D eigenvalue weighted by Crippen LogP contribution is -2.35. The zero-order valence-electron chi connectivity index (χ0n) is 22.8. The molecule has 0 aliphatic heterocycles. The molecule has 40 heavy (non-hydrogen) atoms. The average molecular weight is 535 g/mol. The van der Waals surface area contributed by atoms with Gasteiger partial charge in [-0.05, 0) is 54.7 Å². The average Bonchev–Trinajstić information content (AvgIpc) is 2.97. The molecule has 4 aromatic rings. The normalized spacial score (nSPS) is 11.4. The highest BCUT2D eigenvalue weighted by Crippen LogP contribution is 2.29. The maximum atomic E-state index is 13.9. The van der Waals surface area contributed by atoms with Crippen LogP contribution in [0.25, 0.3) is 11.1 Å². The predicted octanol–water partition coefficient (Wildman–Crippen LogP) is 6.31. The van der Waals surface area contributed by atoms with Gasteiger partial charge in [-0.3, -0.25) is 14.4 Å². The van der Waals surface area contributed by atoms with Crippen molar-refractivity contribution in [1.29, 1.82) is 0 Å². The minimum absolute atomic E-state index is 0.0888. The number of rotatable bonds is 11. The molecule has 6 heteroatoms. The Morgan fingerprint density at radius 3 is 1.98 bits per heavy atom. The number of carbonyl (C=O) groups excluding carboxylic acids is 2. The SMILES string of the molecule is Cc1ccc([C@@H](C)NC(=O)c2ccccc2-c2ccccc2C(=O)N(CCC(=O)O)CCc2ccccc2)cc1. The van der Waals surface area contributed by atoms with Crippen LogP contribution in [0.2, 0.25) is 0 Å². The Bertz CT molecular complexity index is 1470. The van der Waals surface area contributed by atoms with Crippen molar-refractivity contribution < 1.29 is 19.5 Å². The van der Waals surface area contributed by atoms with E-state index in [0.717, 1.165) is 16.7 Å². The summed E-state index contributed by atoms with van der Waals surface area (Å²) in [5.41, 5.74) is 5.36. The minimum atomic E-state index is -0.962. The molecule has 0 unspecified atom stereocenters. The highest BCUT2D eigenvalue weighted by Gasteiger charge is 2.23. The summed E-state index contributed by atoms with van der Waals surface area (Å²) in [5.74, 6) is -1.47. The molecule has 1 atom stereocenters. The Balaban J connectivity index is 1.62. The van der Waals surface area contributed by atoms with Gasteiger partial charge in [0.1, 0.15) is 0 Å². The highest BCUT2D eigenvalue weighted by molar-refractivity contribution is 6.06. The van der Waals surface area contributed by atoms with Crippen molar-refractivity contribution in [3.63, 3.8) is 0 Å². The molecule has 4 rings (SSSR count). The number of amides is 2. The van der Waals surface area contributed by atoms with Gasteiger partial charge in [-0.15, -0.1) is 0 Å². The molecule has 0 saturated carbocycles. The second kappa shape index (κ2) is 13.4. The van der Waals surface area contributed by atoms with Crippen LogP contribution in [0.5, 0.6) is 0 Å². The van der Waals surface area contributed by atoms with Crippen molar-refractivity contribution in [2.75, 3.05) is 13.1 Å². The lowest BCUT2D eigenvalue weighted by Gasteiger charge is -2.24. The number of carboxylic acids is 1. The van der Waals surface area contributed by atoms with Crippen LogP contribution in [0.15, 0.2) is 103 Å². The Morgan fingerprint density at radius 1 is 0.750 bits per heavy atom. The summed E-state index contributed by atoms with van der Waals surface area (Å²) in [5, 5.41) is 12.4. The van der Waals surface area contributed by atoms with E-state index in [9.17, 15) is 19.5 Å². The smallest absolute Gasteiger partial charge is 0.305 e. The zero-order valence-corrected chi connectivity index (χ0v) is 22.8. The number of nitrogens with zero attached hydrogens (tertiary/aromatic N) is 1. The van der Waals surface area contributed by atoms with Crippen LogP contribution in [0.3, 0.4) is 0 Å². The van der Waals surface area contributed by atoms with Gasteiger partial charge in [0.05, 0.1) is 12.5 Å². The first-order valence-corrected chi connectivity index (χ1v) is 13.4. The van der Waals surface area contributed by atoms with Gasteiger partial charge < -0.3 is 15.3 Å². The van der Waals surface area contributed by atoms with Crippen LogP contribution in [-0.2, 0) is 11.2 Å². The molecule has 6 nitrogen and oxygen atoms in total. The fraction of sp³-hybridized carbons (Fsp3) is 0.206. The minimum Gasteiger partial charge on any atom is -0.481 e. The Morgan fingerprint density at radius 2 is 1.32 bits per heavy atom. The number of benzene rings is 4. The molecule has 2 N–H and O–H groups in total. The summed E-state index contributed by atoms with van der Waals surface area (Å²) < 4.78 is 0. The lowest BCUT2D eigenvalue weighted by atomic mass is 9.94. The molecule has 0 saturated heterocycles. The summed E-state index contributed by atoms with van der Waals surface area (Å²) >= 11 is 0. The van der Waals surface area contributed by atoms with E-state index >= 15 is 0 Å². The summed E-state index contributed by atoms with van der Waals surface area (Å²) in [4.78, 5) is 40.3. The Labute approximate surface area is 235 Å². The molecule has 0 aromatic heterocycles. The van der Waals surface area contributed by atoms with E-state index in [1.807, 2.05) is 92.7 Å². The van der Waals surface area contributed by atoms with Crippen molar-refractivity contribution in [3.05, 3.63) is 131 Å². The van der Waals surface area contributed by atoms with E-state index in [4.69, 9.17) is 0 Å². The van der Waals surface area contributed by atoms with Gasteiger partial charge in [0.25, 0.3) is 11.8 Å². The van der Waals surface area contributed by atoms with E-state index in [0.29, 0.717) is 35.2 Å². The van der Waals surface area contributed by atoms with Gasteiger partial charge in [0.2, 0.25) is 0 Å². The number of carboxylic acid groups (broad SMARTS) is 1. The van der Waals surface area contributed by atoms with Crippen LogP contribution in [0, 0.1) is 6.92 Å². The third-order valence-electron chi connectivity index (χ3n) is 6.94. The van der Waals surface area contributed by atoms with Gasteiger partial charge in [-0.1, -0.05) is 96.6 Å². The number of hydrogen-bond acceptors (Lipinski definition) is 3. The summed E-state index contributed by atoms with van der Waals surface area (Å²) in [6.07, 6.45) is 0.447. The van der Waals surface area contributed by atoms with Crippen LogP contribution in [0.1, 0.15) is 56.8 Å². The molecular formula is C34H34N2O4. The predicted molar refractivity (Wildman–Crippen MR) is 157 cm³/mol. The third-order valence-corrected chi connectivity index (χ3v) is 6.94. The van der Waals surface area contributed by atoms with Crippen molar-refractivity contribution >= 4 is 17.8 Å². The standard InChI is InChI=1S/C34H34N2O4/c1-24-16-18-27(19-17-24)25(2)35-33(39)30-14-8-6-12-28(30)29-13-7-9-15-31(29)34(40)36(23-21-32(37)38)22-20-26-10-4-3-5-11-26/h3-19,25H,20-23H2,1-2H3,(H,35,39)(H,37,38)/t25-/m1/s1. The topological polar surface area (TPSA) is 86.7 Å². The first-order chi connectivity index (χ1) is 19.3. The second-order valence-electron chi connectivity index (χ2n) is 9.87. The van der Waals surface area contributed by atoms with Gasteiger partial charge in [-0.25, -0.2) is 0 Å². The van der Waals surface area contributed by atoms with E-state index in [-0.39, 0.29) is 30.8 Å². The molecule has 0 aliphatic carbocycles. The molecule has 4 aromatic carbocycles. The molecule has 0 fully saturated rings. The largest absolute Gasteiger partial charge is 0.481 e. The monoisotopic (exact) mass is 534 g/mol. The van der Waals surface area contributed by atoms with Gasteiger partial charge in [0, 0.05) is 24.2 Å². The van der Waals surface area contributed by atoms with Crippen LogP contribution < -0.4 is 5.32 Å². The van der Waals surface area contributed by atoms with E-state index in [2.05, 4.69) is 5.32 Å². The third kappa shape index (κ3) is 7.23. The van der Waals surface area contributed by atoms with E-state index in [1.54, 1.807) is 29.2 Å². The molecule has 2 amide bonds. The van der Waals surface area contributed by atoms with Crippen LogP contribution >= 0.6 is 0 Å². The molecule has 0 spiro atoms. The maximum Gasteiger partial charge on any atom is 0.305 e. The number of carbonyl (C=O) groups is 3. The van der Waals surface area contributed by atoms with Crippen molar-refractivity contribution in [2.24, 2.45) is 0 Å². The van der Waals surface area contributed by atoms with Crippen LogP contribution in [0.4, 0.5) is 0 Å². The molecule has 0 aliphatic rings. The lowest BCUT2D eigenvalue weighted by molar-refractivity contribution is -0.137. The van der Waals surface area contributed by atoms with Crippen molar-refractivity contribution in [2.45, 2.75) is 32.7 Å². The van der Waals surface area contributed by atoms with E-state index in [1.165, 1.54) is 0 Å². The number of aryl methyl sites for hydroxylation is 1. The van der Waals surface area contributed by atoms with Gasteiger partial charge >= 0.3 is 5.97 Å². The number of nitrogens with one attached hydrogen (secondary N) is 1. The van der Waals surface area contributed by atoms with Gasteiger partial charge in [0.15, 0.2) is 0 Å². The Kier molecular flexibility index (Phi) is 9.47. The first kappa shape index (κ1) is 28.3. The van der Waals surface area contributed by atoms with E-state index < -0.39 is 5.97 Å². The molecular weight excluding hydrogens is 500 g/mol. The maximum absolute atomic E-state index is 13.9. The quantitative estimate of drug-likeness (QED) is 0.236. The molecule has 204 valence electrons. The summed E-state index contributed by atoms with van der Waals surface area (Å²) in [6, 6.07) is 32.0. The van der Waals surface area contributed by atoms with Crippen molar-refractivity contribution in [1.82, 2.24) is 10.2 Å².